The van der Waals surface area contributed by atoms with Gasteiger partial charge in [0, 0.05) is 40.6 Å². The number of carbonyl (C=O) groups excluding carboxylic acids is 2. The minimum atomic E-state index is -1.05. The lowest BCUT2D eigenvalue weighted by atomic mass is 9.81. The van der Waals surface area contributed by atoms with E-state index >= 15 is 0 Å². The van der Waals surface area contributed by atoms with E-state index in [0.717, 1.165) is 32.2 Å². The van der Waals surface area contributed by atoms with Crippen molar-refractivity contribution in [3.05, 3.63) is 63.8 Å². The number of phenols is 1. The summed E-state index contributed by atoms with van der Waals surface area (Å²) in [6.45, 7) is 3.26. The van der Waals surface area contributed by atoms with Gasteiger partial charge in [-0.2, -0.15) is 0 Å². The Hall–Kier alpha value is -2.88. The molecule has 3 amide bonds. The molecule has 0 bridgehead atoms. The van der Waals surface area contributed by atoms with Crippen molar-refractivity contribution in [3.8, 4) is 5.75 Å². The summed E-state index contributed by atoms with van der Waals surface area (Å²) in [5.74, 6) is -0.102. The van der Waals surface area contributed by atoms with Gasteiger partial charge in [0.1, 0.15) is 17.3 Å². The van der Waals surface area contributed by atoms with Gasteiger partial charge >= 0.3 is 6.03 Å². The Morgan fingerprint density at radius 2 is 2.03 bits per heavy atom. The van der Waals surface area contributed by atoms with Gasteiger partial charge in [-0.25, -0.2) is 4.79 Å². The maximum Gasteiger partial charge on any atom is 0.328 e. The number of hydrogen-bond donors (Lipinski definition) is 4. The lowest BCUT2D eigenvalue weighted by Crippen LogP contribution is -2.53. The quantitative estimate of drug-likeness (QED) is 0.279. The molecule has 3 heterocycles. The number of aliphatic hydroxyl groups is 1. The van der Waals surface area contributed by atoms with Gasteiger partial charge in [0.2, 0.25) is 0 Å². The Morgan fingerprint density at radius 1 is 1.21 bits per heavy atom. The van der Waals surface area contributed by atoms with Crippen molar-refractivity contribution in [1.29, 1.82) is 0 Å². The highest BCUT2D eigenvalue weighted by Gasteiger charge is 2.60. The average Bonchev–Trinajstić information content (AvgIpc) is 3.24. The molecule has 0 radical (unpaired) electrons. The number of amides is 3. The SMILES string of the molecule is CC12Cc3c([nH]c4ccc(Br)cc34)C(c3cccc(O)c3)N1C(=O)N(CCCNCCO)C2=O. The molecule has 0 saturated carbocycles. The Bertz CT molecular complexity index is 1280. The fraction of sp³-hybridized carbons (Fsp3) is 0.360. The van der Waals surface area contributed by atoms with Crippen LogP contribution in [0.3, 0.4) is 0 Å². The number of halogens is 1. The van der Waals surface area contributed by atoms with Crippen LogP contribution in [-0.2, 0) is 11.2 Å². The molecule has 5 rings (SSSR count). The number of benzene rings is 2. The normalized spacial score (nSPS) is 21.9. The van der Waals surface area contributed by atoms with E-state index in [0.29, 0.717) is 32.5 Å². The summed E-state index contributed by atoms with van der Waals surface area (Å²) in [5, 5.41) is 23.2. The van der Waals surface area contributed by atoms with Crippen molar-refractivity contribution in [2.75, 3.05) is 26.2 Å². The Morgan fingerprint density at radius 3 is 2.79 bits per heavy atom. The van der Waals surface area contributed by atoms with Gasteiger partial charge in [-0.15, -0.1) is 0 Å². The lowest BCUT2D eigenvalue weighted by Gasteiger charge is -2.42. The van der Waals surface area contributed by atoms with E-state index in [4.69, 9.17) is 5.11 Å². The summed E-state index contributed by atoms with van der Waals surface area (Å²) in [6, 6.07) is 12.0. The van der Waals surface area contributed by atoms with Gasteiger partial charge in [-0.05, 0) is 61.3 Å². The zero-order chi connectivity index (χ0) is 24.0. The smallest absolute Gasteiger partial charge is 0.328 e. The number of rotatable bonds is 7. The molecule has 1 saturated heterocycles. The number of aromatic nitrogens is 1. The summed E-state index contributed by atoms with van der Waals surface area (Å²) in [6.07, 6.45) is 0.997. The van der Waals surface area contributed by atoms with Crippen molar-refractivity contribution < 1.29 is 19.8 Å². The van der Waals surface area contributed by atoms with Gasteiger partial charge < -0.3 is 20.5 Å². The molecule has 2 aromatic carbocycles. The number of fused-ring (bicyclic) bond motifs is 4. The lowest BCUT2D eigenvalue weighted by molar-refractivity contribution is -0.133. The Kier molecular flexibility index (Phi) is 5.87. The van der Waals surface area contributed by atoms with E-state index in [1.165, 1.54) is 4.90 Å². The number of nitrogens with one attached hydrogen (secondary N) is 2. The second-order valence-electron chi connectivity index (χ2n) is 9.09. The van der Waals surface area contributed by atoms with E-state index in [9.17, 15) is 14.7 Å². The first-order valence-electron chi connectivity index (χ1n) is 11.4. The van der Waals surface area contributed by atoms with E-state index < -0.39 is 11.6 Å². The molecule has 2 atom stereocenters. The maximum atomic E-state index is 13.7. The molecular weight excluding hydrogens is 500 g/mol. The number of carbonyl (C=O) groups is 2. The molecule has 8 nitrogen and oxygen atoms in total. The summed E-state index contributed by atoms with van der Waals surface area (Å²) in [5.41, 5.74) is 2.51. The number of aromatic hydroxyl groups is 1. The zero-order valence-corrected chi connectivity index (χ0v) is 20.4. The van der Waals surface area contributed by atoms with Gasteiger partial charge in [-0.1, -0.05) is 28.1 Å². The van der Waals surface area contributed by atoms with Crippen molar-refractivity contribution in [2.24, 2.45) is 0 Å². The number of aliphatic hydroxyl groups excluding tert-OH is 1. The summed E-state index contributed by atoms with van der Waals surface area (Å²) < 4.78 is 0.939. The van der Waals surface area contributed by atoms with Gasteiger partial charge in [0.15, 0.2) is 0 Å². The molecular formula is C25H27BrN4O4. The number of urea groups is 1. The molecule has 0 spiro atoms. The highest BCUT2D eigenvalue weighted by Crippen LogP contribution is 2.49. The van der Waals surface area contributed by atoms with Crippen LogP contribution < -0.4 is 5.32 Å². The molecule has 9 heteroatoms. The predicted molar refractivity (Wildman–Crippen MR) is 132 cm³/mol. The second kappa shape index (κ2) is 8.72. The monoisotopic (exact) mass is 526 g/mol. The van der Waals surface area contributed by atoms with Crippen molar-refractivity contribution in [3.63, 3.8) is 0 Å². The van der Waals surface area contributed by atoms with E-state index in [-0.39, 0.29) is 24.3 Å². The maximum absolute atomic E-state index is 13.7. The van der Waals surface area contributed by atoms with Crippen LogP contribution in [0.4, 0.5) is 4.79 Å². The number of H-pyrrole nitrogens is 1. The third kappa shape index (κ3) is 3.59. The first-order valence-corrected chi connectivity index (χ1v) is 12.2. The molecule has 1 fully saturated rings. The number of imide groups is 1. The molecule has 4 N–H and O–H groups in total. The number of hydrogen-bond acceptors (Lipinski definition) is 5. The molecule has 2 aliphatic rings. The highest BCUT2D eigenvalue weighted by atomic mass is 79.9. The van der Waals surface area contributed by atoms with Crippen molar-refractivity contribution in [2.45, 2.75) is 31.3 Å². The molecule has 2 aliphatic heterocycles. The largest absolute Gasteiger partial charge is 0.508 e. The summed E-state index contributed by atoms with van der Waals surface area (Å²) in [4.78, 5) is 33.9. The van der Waals surface area contributed by atoms with Crippen LogP contribution in [0.1, 0.15) is 36.2 Å². The number of nitrogens with zero attached hydrogens (tertiary/aromatic N) is 2. The van der Waals surface area contributed by atoms with Crippen LogP contribution in [0.2, 0.25) is 0 Å². The van der Waals surface area contributed by atoms with Crippen LogP contribution in [-0.4, -0.2) is 68.7 Å². The van der Waals surface area contributed by atoms with Gasteiger partial charge in [0.05, 0.1) is 6.61 Å². The van der Waals surface area contributed by atoms with Crippen LogP contribution in [0.25, 0.3) is 10.9 Å². The topological polar surface area (TPSA) is 109 Å². The van der Waals surface area contributed by atoms with E-state index in [1.807, 2.05) is 31.2 Å². The first-order chi connectivity index (χ1) is 16.3. The Labute approximate surface area is 205 Å². The molecule has 178 valence electrons. The van der Waals surface area contributed by atoms with Gasteiger partial charge in [0.25, 0.3) is 5.91 Å². The molecule has 0 aliphatic carbocycles. The minimum Gasteiger partial charge on any atom is -0.508 e. The second-order valence-corrected chi connectivity index (χ2v) is 10.0. The van der Waals surface area contributed by atoms with E-state index in [1.54, 1.807) is 23.1 Å². The molecule has 1 aromatic heterocycles. The fourth-order valence-electron chi connectivity index (χ4n) is 5.29. The van der Waals surface area contributed by atoms with Crippen molar-refractivity contribution in [1.82, 2.24) is 20.1 Å². The number of aromatic amines is 1. The highest BCUT2D eigenvalue weighted by molar-refractivity contribution is 9.10. The van der Waals surface area contributed by atoms with E-state index in [2.05, 4.69) is 26.2 Å². The van der Waals surface area contributed by atoms with Crippen LogP contribution in [0.15, 0.2) is 46.9 Å². The summed E-state index contributed by atoms with van der Waals surface area (Å²) >= 11 is 3.55. The standard InChI is InChI=1S/C25H27BrN4O4/c1-25-14-19-18-13-16(26)6-7-20(18)28-21(19)22(15-4-2-5-17(32)12-15)30(25)24(34)29(23(25)33)10-3-8-27-9-11-31/h2,4-7,12-13,22,27-28,31-32H,3,8-11,14H2,1H3. The van der Waals surface area contributed by atoms with Crippen molar-refractivity contribution >= 4 is 38.8 Å². The fourth-order valence-corrected chi connectivity index (χ4v) is 5.65. The third-order valence-electron chi connectivity index (χ3n) is 6.84. The average molecular weight is 527 g/mol. The van der Waals surface area contributed by atoms with Crippen LogP contribution >= 0.6 is 15.9 Å². The van der Waals surface area contributed by atoms with Crippen LogP contribution in [0.5, 0.6) is 5.75 Å². The van der Waals surface area contributed by atoms with Crippen LogP contribution in [0, 0.1) is 0 Å². The molecule has 2 unspecified atom stereocenters. The molecule has 34 heavy (non-hydrogen) atoms. The third-order valence-corrected chi connectivity index (χ3v) is 7.33. The first kappa shape index (κ1) is 22.9. The zero-order valence-electron chi connectivity index (χ0n) is 18.8. The summed E-state index contributed by atoms with van der Waals surface area (Å²) in [7, 11) is 0. The Balaban J connectivity index is 1.60. The molecule has 3 aromatic rings. The van der Waals surface area contributed by atoms with Gasteiger partial charge in [-0.3, -0.25) is 14.6 Å². The minimum absolute atomic E-state index is 0.0425. The number of phenolic OH excluding ortho intramolecular Hbond substituents is 1. The predicted octanol–water partition coefficient (Wildman–Crippen LogP) is 3.28.